The minimum absolute atomic E-state index is 0.130. The molecule has 29 heavy (non-hydrogen) atoms. The molecule has 1 aromatic heterocycles. The van der Waals surface area contributed by atoms with E-state index in [9.17, 15) is 13.2 Å². The van der Waals surface area contributed by atoms with E-state index in [1.165, 1.54) is 6.07 Å². The molecule has 1 aromatic carbocycles. The Morgan fingerprint density at radius 3 is 2.66 bits per heavy atom. The fourth-order valence-corrected chi connectivity index (χ4v) is 2.60. The van der Waals surface area contributed by atoms with Crippen LogP contribution in [0.3, 0.4) is 0 Å². The van der Waals surface area contributed by atoms with Gasteiger partial charge in [0, 0.05) is 25.9 Å². The first-order valence-corrected chi connectivity index (χ1v) is 8.95. The van der Waals surface area contributed by atoms with Crippen LogP contribution in [-0.2, 0) is 12.6 Å². The van der Waals surface area contributed by atoms with Crippen molar-refractivity contribution < 1.29 is 27.4 Å². The van der Waals surface area contributed by atoms with Crippen molar-refractivity contribution in [2.24, 2.45) is 4.99 Å². The summed E-state index contributed by atoms with van der Waals surface area (Å²) in [6.07, 6.45) is -2.89. The lowest BCUT2D eigenvalue weighted by Gasteiger charge is -2.13. The van der Waals surface area contributed by atoms with E-state index >= 15 is 0 Å². The van der Waals surface area contributed by atoms with Gasteiger partial charge < -0.3 is 24.8 Å². The van der Waals surface area contributed by atoms with Crippen LogP contribution in [0.4, 0.5) is 13.2 Å². The van der Waals surface area contributed by atoms with Crippen LogP contribution in [0.25, 0.3) is 0 Å². The number of halogens is 3. The Morgan fingerprint density at radius 1 is 1.14 bits per heavy atom. The van der Waals surface area contributed by atoms with Gasteiger partial charge in [-0.05, 0) is 30.2 Å². The van der Waals surface area contributed by atoms with Crippen LogP contribution in [0.2, 0.25) is 0 Å². The van der Waals surface area contributed by atoms with Crippen LogP contribution >= 0.6 is 0 Å². The quantitative estimate of drug-likeness (QED) is 0.415. The highest BCUT2D eigenvalue weighted by Crippen LogP contribution is 2.32. The molecule has 7 nitrogen and oxygen atoms in total. The van der Waals surface area contributed by atoms with Crippen LogP contribution in [-0.4, -0.2) is 44.5 Å². The number of aliphatic imine (C=N–C) groups is 1. The number of hydrogen-bond acceptors (Lipinski definition) is 5. The minimum atomic E-state index is -4.41. The van der Waals surface area contributed by atoms with Crippen molar-refractivity contribution in [1.82, 2.24) is 15.6 Å². The lowest BCUT2D eigenvalue weighted by Crippen LogP contribution is -2.40. The lowest BCUT2D eigenvalue weighted by molar-refractivity contribution is -0.137. The van der Waals surface area contributed by atoms with Gasteiger partial charge in [0.2, 0.25) is 12.7 Å². The molecule has 2 aromatic rings. The summed E-state index contributed by atoms with van der Waals surface area (Å²) in [6, 6.07) is 7.95. The summed E-state index contributed by atoms with van der Waals surface area (Å²) in [5, 5.41) is 6.24. The van der Waals surface area contributed by atoms with Gasteiger partial charge in [-0.1, -0.05) is 6.07 Å². The van der Waals surface area contributed by atoms with E-state index in [4.69, 9.17) is 14.2 Å². The molecule has 2 N–H and O–H groups in total. The van der Waals surface area contributed by atoms with Gasteiger partial charge in [-0.15, -0.1) is 0 Å². The number of fused-ring (bicyclic) bond motifs is 1. The predicted molar refractivity (Wildman–Crippen MR) is 100 cm³/mol. The number of benzene rings is 1. The zero-order valence-corrected chi connectivity index (χ0v) is 15.8. The molecular weight excluding hydrogens is 389 g/mol. The third-order valence-electron chi connectivity index (χ3n) is 4.07. The monoisotopic (exact) mass is 410 g/mol. The van der Waals surface area contributed by atoms with E-state index in [-0.39, 0.29) is 19.3 Å². The highest BCUT2D eigenvalue weighted by Gasteiger charge is 2.30. The van der Waals surface area contributed by atoms with Crippen molar-refractivity contribution in [1.29, 1.82) is 0 Å². The maximum atomic E-state index is 12.5. The Morgan fingerprint density at radius 2 is 1.93 bits per heavy atom. The number of nitrogens with zero attached hydrogens (tertiary/aromatic N) is 2. The van der Waals surface area contributed by atoms with Crippen molar-refractivity contribution in [2.75, 3.05) is 33.5 Å². The molecule has 0 saturated heterocycles. The second kappa shape index (κ2) is 9.35. The summed E-state index contributed by atoms with van der Waals surface area (Å²) in [6.45, 7) is 1.53. The summed E-state index contributed by atoms with van der Waals surface area (Å²) in [4.78, 5) is 7.77. The van der Waals surface area contributed by atoms with Crippen LogP contribution in [0.15, 0.2) is 41.5 Å². The Kier molecular flexibility index (Phi) is 6.63. The molecule has 0 bridgehead atoms. The van der Waals surface area contributed by atoms with Gasteiger partial charge in [0.15, 0.2) is 17.5 Å². The molecule has 0 atom stereocenters. The number of nitrogens with one attached hydrogen (secondary N) is 2. The number of ether oxygens (including phenoxy) is 3. The molecule has 1 aliphatic rings. The summed E-state index contributed by atoms with van der Waals surface area (Å²) in [7, 11) is 1.65. The number of alkyl halides is 3. The average Bonchev–Trinajstić information content (AvgIpc) is 3.17. The third kappa shape index (κ3) is 5.90. The maximum Gasteiger partial charge on any atom is 0.417 e. The van der Waals surface area contributed by atoms with Crippen molar-refractivity contribution in [3.63, 3.8) is 0 Å². The van der Waals surface area contributed by atoms with E-state index in [0.29, 0.717) is 19.0 Å². The largest absolute Gasteiger partial charge is 0.476 e. The lowest BCUT2D eigenvalue weighted by atomic mass is 10.1. The van der Waals surface area contributed by atoms with E-state index in [1.807, 2.05) is 18.2 Å². The zero-order valence-electron chi connectivity index (χ0n) is 15.8. The molecule has 1 aliphatic heterocycles. The standard InChI is InChI=1S/C19H21F3N4O3/c1-23-18(24-7-6-13-2-4-15-16(10-13)29-12-28-15)25-8-9-27-17-5-3-14(11-26-17)19(20,21)22/h2-5,10-11H,6-9,12H2,1H3,(H2,23,24,25). The van der Waals surface area contributed by atoms with E-state index in [2.05, 4.69) is 20.6 Å². The van der Waals surface area contributed by atoms with E-state index in [0.717, 1.165) is 35.7 Å². The molecule has 156 valence electrons. The number of guanidine groups is 1. The van der Waals surface area contributed by atoms with Crippen molar-refractivity contribution in [3.05, 3.63) is 47.7 Å². The summed E-state index contributed by atoms with van der Waals surface area (Å²) in [5.74, 6) is 2.22. The first-order valence-electron chi connectivity index (χ1n) is 8.95. The summed E-state index contributed by atoms with van der Waals surface area (Å²) >= 11 is 0. The van der Waals surface area contributed by atoms with Crippen molar-refractivity contribution in [3.8, 4) is 17.4 Å². The third-order valence-corrected chi connectivity index (χ3v) is 4.07. The molecule has 3 rings (SSSR count). The van der Waals surface area contributed by atoms with E-state index in [1.54, 1.807) is 7.05 Å². The normalized spacial score (nSPS) is 13.3. The average molecular weight is 410 g/mol. The molecule has 0 aliphatic carbocycles. The van der Waals surface area contributed by atoms with Gasteiger partial charge in [0.05, 0.1) is 12.1 Å². The van der Waals surface area contributed by atoms with Crippen LogP contribution in [0.1, 0.15) is 11.1 Å². The Bertz CT molecular complexity index is 842. The fraction of sp³-hybridized carbons (Fsp3) is 0.368. The number of hydrogen-bond donors (Lipinski definition) is 2. The molecule has 0 unspecified atom stereocenters. The summed E-state index contributed by atoms with van der Waals surface area (Å²) in [5.41, 5.74) is 0.295. The number of aromatic nitrogens is 1. The Hall–Kier alpha value is -3.17. The molecular formula is C19H21F3N4O3. The fourth-order valence-electron chi connectivity index (χ4n) is 2.60. The second-order valence-corrected chi connectivity index (χ2v) is 6.09. The maximum absolute atomic E-state index is 12.5. The molecule has 10 heteroatoms. The highest BCUT2D eigenvalue weighted by molar-refractivity contribution is 5.79. The van der Waals surface area contributed by atoms with Gasteiger partial charge in [0.25, 0.3) is 0 Å². The summed E-state index contributed by atoms with van der Waals surface area (Å²) < 4.78 is 53.5. The Balaban J connectivity index is 1.35. The van der Waals surface area contributed by atoms with Crippen molar-refractivity contribution in [2.45, 2.75) is 12.6 Å². The van der Waals surface area contributed by atoms with Gasteiger partial charge in [0.1, 0.15) is 6.61 Å². The molecule has 0 radical (unpaired) electrons. The number of rotatable bonds is 7. The zero-order chi connectivity index (χ0) is 20.7. The number of pyridine rings is 1. The van der Waals surface area contributed by atoms with Gasteiger partial charge >= 0.3 is 6.18 Å². The first-order chi connectivity index (χ1) is 14.0. The van der Waals surface area contributed by atoms with Gasteiger partial charge in [-0.2, -0.15) is 13.2 Å². The van der Waals surface area contributed by atoms with Crippen LogP contribution < -0.4 is 24.8 Å². The van der Waals surface area contributed by atoms with Crippen LogP contribution in [0, 0.1) is 0 Å². The van der Waals surface area contributed by atoms with Crippen molar-refractivity contribution >= 4 is 5.96 Å². The van der Waals surface area contributed by atoms with Gasteiger partial charge in [-0.25, -0.2) is 4.98 Å². The molecule has 2 heterocycles. The SMILES string of the molecule is CN=C(NCCOc1ccc(C(F)(F)F)cn1)NCCc1ccc2c(c1)OCO2. The first kappa shape index (κ1) is 20.6. The molecule has 0 amide bonds. The molecule has 0 spiro atoms. The minimum Gasteiger partial charge on any atom is -0.476 e. The highest BCUT2D eigenvalue weighted by atomic mass is 19.4. The predicted octanol–water partition coefficient (Wildman–Crippen LogP) is 2.62. The van der Waals surface area contributed by atoms with Gasteiger partial charge in [-0.3, -0.25) is 4.99 Å². The van der Waals surface area contributed by atoms with Crippen LogP contribution in [0.5, 0.6) is 17.4 Å². The van der Waals surface area contributed by atoms with E-state index < -0.39 is 11.7 Å². The topological polar surface area (TPSA) is 77.0 Å². The molecule has 0 fully saturated rings. The molecule has 0 saturated carbocycles. The smallest absolute Gasteiger partial charge is 0.417 e. The second-order valence-electron chi connectivity index (χ2n) is 6.09. The Labute approximate surface area is 165 Å².